The van der Waals surface area contributed by atoms with Crippen LogP contribution in [-0.2, 0) is 0 Å². The lowest BCUT2D eigenvalue weighted by atomic mass is 9.89. The Morgan fingerprint density at radius 1 is 0.880 bits per heavy atom. The van der Waals surface area contributed by atoms with E-state index in [-0.39, 0.29) is 6.04 Å². The standard InChI is InChI=1S/C21H21NO3/c1-13-17-6-5-16(23-2)9-15(17)10-19-18-12-21(25-4)20(24-3)11-14(18)7-8-22(13)19/h5-13H,1-4H3. The highest BCUT2D eigenvalue weighted by molar-refractivity contribution is 5.91. The fourth-order valence-electron chi connectivity index (χ4n) is 3.61. The molecule has 1 atom stereocenters. The monoisotopic (exact) mass is 335 g/mol. The lowest BCUT2D eigenvalue weighted by Gasteiger charge is -2.38. The van der Waals surface area contributed by atoms with Crippen LogP contribution in [0.2, 0.25) is 0 Å². The summed E-state index contributed by atoms with van der Waals surface area (Å²) in [6.45, 7) is 2.22. The molecular formula is C21H21NO3. The van der Waals surface area contributed by atoms with Gasteiger partial charge in [0.25, 0.3) is 0 Å². The molecule has 0 bridgehead atoms. The van der Waals surface area contributed by atoms with Gasteiger partial charge in [-0.3, -0.25) is 0 Å². The second-order valence-corrected chi connectivity index (χ2v) is 6.22. The summed E-state index contributed by atoms with van der Waals surface area (Å²) in [5, 5.41) is 0. The van der Waals surface area contributed by atoms with E-state index in [4.69, 9.17) is 14.2 Å². The van der Waals surface area contributed by atoms with Crippen LogP contribution in [0.5, 0.6) is 17.2 Å². The van der Waals surface area contributed by atoms with Crippen LogP contribution in [0.1, 0.15) is 35.2 Å². The summed E-state index contributed by atoms with van der Waals surface area (Å²) < 4.78 is 16.3. The van der Waals surface area contributed by atoms with Gasteiger partial charge in [0.2, 0.25) is 0 Å². The van der Waals surface area contributed by atoms with Gasteiger partial charge in [-0.2, -0.15) is 0 Å². The lowest BCUT2D eigenvalue weighted by Crippen LogP contribution is -2.26. The van der Waals surface area contributed by atoms with E-state index in [0.717, 1.165) is 34.1 Å². The van der Waals surface area contributed by atoms with Crippen molar-refractivity contribution < 1.29 is 14.2 Å². The first-order valence-electron chi connectivity index (χ1n) is 8.29. The van der Waals surface area contributed by atoms with Crippen LogP contribution in [0, 0.1) is 0 Å². The molecule has 0 aliphatic carbocycles. The lowest BCUT2D eigenvalue weighted by molar-refractivity contribution is 0.354. The molecule has 128 valence electrons. The van der Waals surface area contributed by atoms with E-state index in [9.17, 15) is 0 Å². The summed E-state index contributed by atoms with van der Waals surface area (Å²) in [5.41, 5.74) is 5.90. The number of hydrogen-bond donors (Lipinski definition) is 0. The number of rotatable bonds is 3. The number of fused-ring (bicyclic) bond motifs is 4. The summed E-state index contributed by atoms with van der Waals surface area (Å²) in [4.78, 5) is 2.29. The minimum absolute atomic E-state index is 0.249. The zero-order valence-electron chi connectivity index (χ0n) is 14.9. The molecule has 0 N–H and O–H groups in total. The van der Waals surface area contributed by atoms with Crippen molar-refractivity contribution in [2.45, 2.75) is 13.0 Å². The molecule has 0 aromatic heterocycles. The molecule has 2 heterocycles. The molecule has 1 unspecified atom stereocenters. The van der Waals surface area contributed by atoms with Gasteiger partial charge in [0, 0.05) is 17.5 Å². The topological polar surface area (TPSA) is 30.9 Å². The molecule has 2 aliphatic rings. The SMILES string of the molecule is COc1ccc2c(c1)C=C1c3cc(OC)c(OC)cc3C=CN1C2C. The van der Waals surface area contributed by atoms with E-state index < -0.39 is 0 Å². The van der Waals surface area contributed by atoms with Gasteiger partial charge in [-0.15, -0.1) is 0 Å². The number of ether oxygens (including phenoxy) is 3. The fraction of sp³-hybridized carbons (Fsp3) is 0.238. The Morgan fingerprint density at radius 3 is 2.36 bits per heavy atom. The van der Waals surface area contributed by atoms with Crippen molar-refractivity contribution >= 4 is 17.8 Å². The minimum atomic E-state index is 0.249. The summed E-state index contributed by atoms with van der Waals surface area (Å²) in [6.07, 6.45) is 6.48. The van der Waals surface area contributed by atoms with E-state index >= 15 is 0 Å². The van der Waals surface area contributed by atoms with E-state index in [0.29, 0.717) is 0 Å². The quantitative estimate of drug-likeness (QED) is 0.822. The first-order chi connectivity index (χ1) is 12.2. The van der Waals surface area contributed by atoms with Gasteiger partial charge >= 0.3 is 0 Å². The number of nitrogens with zero attached hydrogens (tertiary/aromatic N) is 1. The van der Waals surface area contributed by atoms with Crippen molar-refractivity contribution in [2.75, 3.05) is 21.3 Å². The van der Waals surface area contributed by atoms with Gasteiger partial charge in [-0.1, -0.05) is 6.07 Å². The molecular weight excluding hydrogens is 314 g/mol. The Hall–Kier alpha value is -2.88. The predicted molar refractivity (Wildman–Crippen MR) is 99.7 cm³/mol. The van der Waals surface area contributed by atoms with Crippen molar-refractivity contribution in [3.05, 3.63) is 58.8 Å². The molecule has 2 aliphatic heterocycles. The summed E-state index contributed by atoms with van der Waals surface area (Å²) in [7, 11) is 5.02. The van der Waals surface area contributed by atoms with Crippen LogP contribution in [0.25, 0.3) is 17.8 Å². The minimum Gasteiger partial charge on any atom is -0.497 e. The van der Waals surface area contributed by atoms with Crippen LogP contribution < -0.4 is 14.2 Å². The van der Waals surface area contributed by atoms with Crippen LogP contribution in [0.15, 0.2) is 36.5 Å². The van der Waals surface area contributed by atoms with E-state index in [2.05, 4.69) is 42.3 Å². The van der Waals surface area contributed by atoms with E-state index in [1.807, 2.05) is 18.2 Å². The zero-order chi connectivity index (χ0) is 17.6. The maximum Gasteiger partial charge on any atom is 0.161 e. The van der Waals surface area contributed by atoms with Gasteiger partial charge < -0.3 is 19.1 Å². The third-order valence-electron chi connectivity index (χ3n) is 4.98. The first-order valence-corrected chi connectivity index (χ1v) is 8.29. The van der Waals surface area contributed by atoms with Gasteiger partial charge in [0.05, 0.1) is 27.4 Å². The molecule has 4 heteroatoms. The largest absolute Gasteiger partial charge is 0.497 e. The van der Waals surface area contributed by atoms with Crippen LogP contribution >= 0.6 is 0 Å². The van der Waals surface area contributed by atoms with Gasteiger partial charge in [0.1, 0.15) is 5.75 Å². The first kappa shape index (κ1) is 15.6. The van der Waals surface area contributed by atoms with Gasteiger partial charge in [0.15, 0.2) is 11.5 Å². The Morgan fingerprint density at radius 2 is 1.64 bits per heavy atom. The third kappa shape index (κ3) is 2.37. The number of hydrogen-bond acceptors (Lipinski definition) is 4. The molecule has 4 rings (SSSR count). The zero-order valence-corrected chi connectivity index (χ0v) is 14.9. The molecule has 2 aromatic carbocycles. The highest BCUT2D eigenvalue weighted by Gasteiger charge is 2.29. The van der Waals surface area contributed by atoms with Crippen molar-refractivity contribution in [1.29, 1.82) is 0 Å². The molecule has 4 nitrogen and oxygen atoms in total. The Balaban J connectivity index is 1.91. The molecule has 0 fully saturated rings. The summed E-state index contributed by atoms with van der Waals surface area (Å²) in [5.74, 6) is 2.35. The van der Waals surface area contributed by atoms with Gasteiger partial charge in [-0.05, 0) is 60.0 Å². The molecule has 0 saturated heterocycles. The Kier molecular flexibility index (Phi) is 3.68. The fourth-order valence-corrected chi connectivity index (χ4v) is 3.61. The number of benzene rings is 2. The average Bonchev–Trinajstić information content (AvgIpc) is 2.66. The Labute approximate surface area is 147 Å². The van der Waals surface area contributed by atoms with Crippen LogP contribution in [-0.4, -0.2) is 26.2 Å². The predicted octanol–water partition coefficient (Wildman–Crippen LogP) is 4.57. The number of methoxy groups -OCH3 is 3. The van der Waals surface area contributed by atoms with E-state index in [1.54, 1.807) is 21.3 Å². The maximum absolute atomic E-state index is 5.50. The van der Waals surface area contributed by atoms with Crippen molar-refractivity contribution in [3.8, 4) is 17.2 Å². The summed E-state index contributed by atoms with van der Waals surface area (Å²) in [6, 6.07) is 10.6. The molecule has 0 saturated carbocycles. The molecule has 0 radical (unpaired) electrons. The third-order valence-corrected chi connectivity index (χ3v) is 4.98. The second-order valence-electron chi connectivity index (χ2n) is 6.22. The summed E-state index contributed by atoms with van der Waals surface area (Å²) >= 11 is 0. The highest BCUT2D eigenvalue weighted by atomic mass is 16.5. The maximum atomic E-state index is 5.50. The second kappa shape index (κ2) is 5.88. The average molecular weight is 335 g/mol. The molecule has 0 amide bonds. The van der Waals surface area contributed by atoms with Crippen LogP contribution in [0.3, 0.4) is 0 Å². The van der Waals surface area contributed by atoms with Crippen molar-refractivity contribution in [2.24, 2.45) is 0 Å². The smallest absolute Gasteiger partial charge is 0.161 e. The molecule has 2 aromatic rings. The highest BCUT2D eigenvalue weighted by Crippen LogP contribution is 2.45. The van der Waals surface area contributed by atoms with Crippen molar-refractivity contribution in [1.82, 2.24) is 4.90 Å². The van der Waals surface area contributed by atoms with E-state index in [1.165, 1.54) is 11.1 Å². The molecule has 0 spiro atoms. The van der Waals surface area contributed by atoms with Crippen LogP contribution in [0.4, 0.5) is 0 Å². The van der Waals surface area contributed by atoms with Gasteiger partial charge in [-0.25, -0.2) is 0 Å². The normalized spacial score (nSPS) is 17.2. The molecule has 25 heavy (non-hydrogen) atoms. The Bertz CT molecular complexity index is 898. The van der Waals surface area contributed by atoms with Crippen molar-refractivity contribution in [3.63, 3.8) is 0 Å².